The molecule has 20 heavy (non-hydrogen) atoms. The summed E-state index contributed by atoms with van der Waals surface area (Å²) >= 11 is 4.85. The third-order valence-electron chi connectivity index (χ3n) is 3.33. The van der Waals surface area contributed by atoms with Crippen molar-refractivity contribution in [2.45, 2.75) is 38.6 Å². The number of amides is 1. The van der Waals surface area contributed by atoms with Gasteiger partial charge in [-0.2, -0.15) is 5.10 Å². The lowest BCUT2D eigenvalue weighted by molar-refractivity contribution is -0.119. The van der Waals surface area contributed by atoms with Crippen molar-refractivity contribution in [1.82, 2.24) is 20.0 Å². The molecule has 1 amide bonds. The van der Waals surface area contributed by atoms with E-state index in [1.54, 1.807) is 10.9 Å². The first kappa shape index (κ1) is 13.7. The second-order valence-corrected chi connectivity index (χ2v) is 6.77. The Bertz CT molecular complexity index is 648. The van der Waals surface area contributed by atoms with Crippen LogP contribution in [0.1, 0.15) is 42.4 Å². The first-order valence-corrected chi connectivity index (χ1v) is 8.01. The molecule has 0 bridgehead atoms. The first-order valence-electron chi connectivity index (χ1n) is 6.40. The average molecular weight is 356 g/mol. The van der Waals surface area contributed by atoms with Crippen molar-refractivity contribution in [3.63, 3.8) is 0 Å². The molecule has 6 nitrogen and oxygen atoms in total. The van der Waals surface area contributed by atoms with Crippen LogP contribution >= 0.6 is 27.3 Å². The van der Waals surface area contributed by atoms with Crippen LogP contribution in [0, 0.1) is 6.92 Å². The standard InChI is InChI=1S/C12H14BrN5OS/c1-6-9(13)5-14-18(6)7(2)10(19)15-12-17-16-11(20-12)8-3-4-8/h5,7-8H,3-4H2,1-2H3,(H,15,17,19). The molecule has 0 saturated heterocycles. The van der Waals surface area contributed by atoms with Gasteiger partial charge in [0.05, 0.1) is 16.4 Å². The minimum atomic E-state index is -0.394. The van der Waals surface area contributed by atoms with Crippen molar-refractivity contribution in [3.05, 3.63) is 21.4 Å². The Morgan fingerprint density at radius 1 is 1.55 bits per heavy atom. The van der Waals surface area contributed by atoms with Crippen LogP contribution in [-0.2, 0) is 4.79 Å². The zero-order chi connectivity index (χ0) is 14.3. The van der Waals surface area contributed by atoms with E-state index in [4.69, 9.17) is 0 Å². The molecule has 1 N–H and O–H groups in total. The van der Waals surface area contributed by atoms with Gasteiger partial charge in [-0.25, -0.2) is 0 Å². The van der Waals surface area contributed by atoms with Crippen molar-refractivity contribution in [3.8, 4) is 0 Å². The summed E-state index contributed by atoms with van der Waals surface area (Å²) < 4.78 is 2.58. The van der Waals surface area contributed by atoms with Gasteiger partial charge in [-0.1, -0.05) is 11.3 Å². The average Bonchev–Trinajstić information content (AvgIpc) is 3.10. The maximum atomic E-state index is 12.2. The number of anilines is 1. The third kappa shape index (κ3) is 2.62. The quantitative estimate of drug-likeness (QED) is 0.914. The van der Waals surface area contributed by atoms with E-state index in [-0.39, 0.29) is 5.91 Å². The van der Waals surface area contributed by atoms with Crippen molar-refractivity contribution >= 4 is 38.3 Å². The molecule has 2 aromatic heterocycles. The molecule has 1 aliphatic carbocycles. The number of nitrogens with zero attached hydrogens (tertiary/aromatic N) is 4. The van der Waals surface area contributed by atoms with Crippen LogP contribution < -0.4 is 5.32 Å². The Morgan fingerprint density at radius 3 is 2.90 bits per heavy atom. The summed E-state index contributed by atoms with van der Waals surface area (Å²) in [7, 11) is 0. The molecular weight excluding hydrogens is 342 g/mol. The highest BCUT2D eigenvalue weighted by Crippen LogP contribution is 2.42. The van der Waals surface area contributed by atoms with Crippen LogP contribution in [0.4, 0.5) is 5.13 Å². The topological polar surface area (TPSA) is 72.7 Å². The molecule has 3 rings (SSSR count). The predicted octanol–water partition coefficient (Wildman–Crippen LogP) is 2.88. The molecule has 1 atom stereocenters. The number of carbonyl (C=O) groups is 1. The number of hydrogen-bond acceptors (Lipinski definition) is 5. The monoisotopic (exact) mass is 355 g/mol. The lowest BCUT2D eigenvalue weighted by atomic mass is 10.3. The molecule has 0 aliphatic heterocycles. The lowest BCUT2D eigenvalue weighted by Crippen LogP contribution is -2.25. The second-order valence-electron chi connectivity index (χ2n) is 4.91. The predicted molar refractivity (Wildman–Crippen MR) is 79.9 cm³/mol. The van der Waals surface area contributed by atoms with E-state index in [0.717, 1.165) is 15.2 Å². The Kier molecular flexibility index (Phi) is 3.59. The lowest BCUT2D eigenvalue weighted by Gasteiger charge is -2.12. The summed E-state index contributed by atoms with van der Waals surface area (Å²) in [6, 6.07) is -0.394. The van der Waals surface area contributed by atoms with Crippen LogP contribution in [0.25, 0.3) is 0 Å². The van der Waals surface area contributed by atoms with E-state index in [9.17, 15) is 4.79 Å². The van der Waals surface area contributed by atoms with Crippen molar-refractivity contribution in [2.24, 2.45) is 0 Å². The Balaban J connectivity index is 1.70. The van der Waals surface area contributed by atoms with Crippen LogP contribution in [0.15, 0.2) is 10.7 Å². The number of aromatic nitrogens is 4. The fourth-order valence-electron chi connectivity index (χ4n) is 1.89. The second kappa shape index (κ2) is 5.25. The number of carbonyl (C=O) groups excluding carboxylic acids is 1. The van der Waals surface area contributed by atoms with Gasteiger partial charge in [-0.3, -0.25) is 14.8 Å². The minimum absolute atomic E-state index is 0.137. The number of hydrogen-bond donors (Lipinski definition) is 1. The highest BCUT2D eigenvalue weighted by atomic mass is 79.9. The zero-order valence-corrected chi connectivity index (χ0v) is 13.5. The van der Waals surface area contributed by atoms with E-state index < -0.39 is 6.04 Å². The van der Waals surface area contributed by atoms with Crippen molar-refractivity contribution < 1.29 is 4.79 Å². The summed E-state index contributed by atoms with van der Waals surface area (Å²) in [5.41, 5.74) is 0.920. The SMILES string of the molecule is Cc1c(Br)cnn1C(C)C(=O)Nc1nnc(C2CC2)s1. The van der Waals surface area contributed by atoms with Gasteiger partial charge in [0.2, 0.25) is 5.13 Å². The van der Waals surface area contributed by atoms with E-state index in [2.05, 4.69) is 36.5 Å². The smallest absolute Gasteiger partial charge is 0.250 e. The van der Waals surface area contributed by atoms with Gasteiger partial charge >= 0.3 is 0 Å². The number of nitrogens with one attached hydrogen (secondary N) is 1. The van der Waals surface area contributed by atoms with Gasteiger partial charge in [0, 0.05) is 5.92 Å². The number of halogens is 1. The Hall–Kier alpha value is -1.28. The van der Waals surface area contributed by atoms with Gasteiger partial charge < -0.3 is 0 Å². The first-order chi connectivity index (χ1) is 9.56. The van der Waals surface area contributed by atoms with Gasteiger partial charge in [-0.05, 0) is 42.6 Å². The van der Waals surface area contributed by atoms with E-state index in [1.807, 2.05) is 13.8 Å². The molecule has 1 unspecified atom stereocenters. The van der Waals surface area contributed by atoms with Gasteiger partial charge in [-0.15, -0.1) is 10.2 Å². The molecule has 8 heteroatoms. The van der Waals surface area contributed by atoms with E-state index >= 15 is 0 Å². The molecule has 1 saturated carbocycles. The molecule has 1 aliphatic rings. The molecular formula is C12H14BrN5OS. The molecule has 0 spiro atoms. The third-order valence-corrected chi connectivity index (χ3v) is 5.11. The fraction of sp³-hybridized carbons (Fsp3) is 0.500. The summed E-state index contributed by atoms with van der Waals surface area (Å²) in [6.07, 6.45) is 4.05. The molecule has 0 aromatic carbocycles. The summed E-state index contributed by atoms with van der Waals surface area (Å²) in [5, 5.41) is 16.7. The normalized spacial score (nSPS) is 16.1. The molecule has 0 radical (unpaired) electrons. The minimum Gasteiger partial charge on any atom is -0.299 e. The van der Waals surface area contributed by atoms with E-state index in [0.29, 0.717) is 11.0 Å². The van der Waals surface area contributed by atoms with Crippen LogP contribution in [0.5, 0.6) is 0 Å². The van der Waals surface area contributed by atoms with Crippen LogP contribution in [0.3, 0.4) is 0 Å². The van der Waals surface area contributed by atoms with Gasteiger partial charge in [0.1, 0.15) is 11.0 Å². The molecule has 1 fully saturated rings. The van der Waals surface area contributed by atoms with Crippen molar-refractivity contribution in [2.75, 3.05) is 5.32 Å². The maximum Gasteiger partial charge on any atom is 0.250 e. The largest absolute Gasteiger partial charge is 0.299 e. The fourth-order valence-corrected chi connectivity index (χ4v) is 3.08. The summed E-state index contributed by atoms with van der Waals surface area (Å²) in [4.78, 5) is 12.2. The molecule has 106 valence electrons. The molecule has 2 heterocycles. The zero-order valence-electron chi connectivity index (χ0n) is 11.1. The number of rotatable bonds is 4. The van der Waals surface area contributed by atoms with Gasteiger partial charge in [0.25, 0.3) is 5.91 Å². The van der Waals surface area contributed by atoms with Crippen molar-refractivity contribution in [1.29, 1.82) is 0 Å². The van der Waals surface area contributed by atoms with E-state index in [1.165, 1.54) is 24.2 Å². The Labute approximate surface area is 128 Å². The Morgan fingerprint density at radius 2 is 2.30 bits per heavy atom. The maximum absolute atomic E-state index is 12.2. The highest BCUT2D eigenvalue weighted by molar-refractivity contribution is 9.10. The van der Waals surface area contributed by atoms with Crippen LogP contribution in [-0.4, -0.2) is 25.9 Å². The van der Waals surface area contributed by atoms with Gasteiger partial charge in [0.15, 0.2) is 0 Å². The van der Waals surface area contributed by atoms with Crippen LogP contribution in [0.2, 0.25) is 0 Å². The summed E-state index contributed by atoms with van der Waals surface area (Å²) in [5.74, 6) is 0.419. The summed E-state index contributed by atoms with van der Waals surface area (Å²) in [6.45, 7) is 3.72. The molecule has 2 aromatic rings. The highest BCUT2D eigenvalue weighted by Gasteiger charge is 2.28.